The molecule has 2 aromatic rings. The van der Waals surface area contributed by atoms with Gasteiger partial charge in [0, 0.05) is 23.9 Å². The van der Waals surface area contributed by atoms with Crippen LogP contribution in [0, 0.1) is 11.8 Å². The van der Waals surface area contributed by atoms with E-state index in [0.717, 1.165) is 19.5 Å². The smallest absolute Gasteiger partial charge is 0.226 e. The Morgan fingerprint density at radius 2 is 2.20 bits per heavy atom. The molecular formula is C19H26ClN3OS. The molecule has 0 spiro atoms. The minimum atomic E-state index is 0. The van der Waals surface area contributed by atoms with E-state index in [0.29, 0.717) is 23.4 Å². The van der Waals surface area contributed by atoms with Crippen molar-refractivity contribution < 1.29 is 4.79 Å². The summed E-state index contributed by atoms with van der Waals surface area (Å²) in [6.45, 7) is 4.32. The molecule has 1 aliphatic heterocycles. The molecule has 4 nitrogen and oxygen atoms in total. The van der Waals surface area contributed by atoms with Crippen LogP contribution in [0.25, 0.3) is 0 Å². The zero-order chi connectivity index (χ0) is 16.8. The Labute approximate surface area is 159 Å². The predicted molar refractivity (Wildman–Crippen MR) is 107 cm³/mol. The first-order valence-electron chi connectivity index (χ1n) is 8.70. The number of carbonyl (C=O) groups is 1. The number of thiazole rings is 1. The monoisotopic (exact) mass is 379 g/mol. The normalized spacial score (nSPS) is 18.2. The van der Waals surface area contributed by atoms with E-state index in [1.54, 1.807) is 11.3 Å². The van der Waals surface area contributed by atoms with E-state index >= 15 is 0 Å². The highest BCUT2D eigenvalue weighted by Gasteiger charge is 2.22. The maximum atomic E-state index is 12.3. The van der Waals surface area contributed by atoms with Gasteiger partial charge < -0.3 is 10.6 Å². The molecule has 1 saturated heterocycles. The average molecular weight is 380 g/mol. The Balaban J connectivity index is 0.00000225. The molecule has 2 N–H and O–H groups in total. The van der Waals surface area contributed by atoms with Gasteiger partial charge in [0.1, 0.15) is 0 Å². The van der Waals surface area contributed by atoms with Gasteiger partial charge >= 0.3 is 0 Å². The van der Waals surface area contributed by atoms with E-state index in [9.17, 15) is 4.79 Å². The highest BCUT2D eigenvalue weighted by molar-refractivity contribution is 7.15. The number of carbonyl (C=O) groups excluding carboxylic acids is 1. The molecule has 0 saturated carbocycles. The number of halogens is 1. The molecule has 0 radical (unpaired) electrons. The molecule has 0 aliphatic carbocycles. The van der Waals surface area contributed by atoms with Gasteiger partial charge in [-0.25, -0.2) is 4.98 Å². The number of rotatable bonds is 6. The van der Waals surface area contributed by atoms with Crippen LogP contribution >= 0.6 is 23.7 Å². The van der Waals surface area contributed by atoms with Crippen LogP contribution in [0.4, 0.5) is 5.13 Å². The Hall–Kier alpha value is -1.43. The van der Waals surface area contributed by atoms with Crippen LogP contribution in [0.5, 0.6) is 0 Å². The number of aromatic nitrogens is 1. The van der Waals surface area contributed by atoms with Gasteiger partial charge in [-0.2, -0.15) is 0 Å². The summed E-state index contributed by atoms with van der Waals surface area (Å²) in [7, 11) is 0. The minimum Gasteiger partial charge on any atom is -0.316 e. The van der Waals surface area contributed by atoms with Crippen LogP contribution in [-0.2, 0) is 11.2 Å². The summed E-state index contributed by atoms with van der Waals surface area (Å²) in [4.78, 5) is 17.8. The van der Waals surface area contributed by atoms with Crippen LogP contribution in [0.2, 0.25) is 0 Å². The fraction of sp³-hybridized carbons (Fsp3) is 0.474. The Kier molecular flexibility index (Phi) is 7.88. The van der Waals surface area contributed by atoms with Gasteiger partial charge in [0.05, 0.1) is 0 Å². The van der Waals surface area contributed by atoms with Crippen molar-refractivity contribution in [2.24, 2.45) is 11.8 Å². The first-order chi connectivity index (χ1) is 11.7. The number of hydrogen-bond acceptors (Lipinski definition) is 4. The SMILES string of the molecule is CC(CC(=O)Nc1ncc(Cc2ccccc2)s1)C1CCCNC1.Cl. The Morgan fingerprint density at radius 3 is 2.92 bits per heavy atom. The summed E-state index contributed by atoms with van der Waals surface area (Å²) < 4.78 is 0. The lowest BCUT2D eigenvalue weighted by Crippen LogP contribution is -2.34. The van der Waals surface area contributed by atoms with E-state index in [1.165, 1.54) is 23.3 Å². The van der Waals surface area contributed by atoms with Gasteiger partial charge in [0.25, 0.3) is 0 Å². The fourth-order valence-electron chi connectivity index (χ4n) is 3.24. The quantitative estimate of drug-likeness (QED) is 0.793. The Bertz CT molecular complexity index is 656. The van der Waals surface area contributed by atoms with Gasteiger partial charge in [-0.15, -0.1) is 23.7 Å². The van der Waals surface area contributed by atoms with Gasteiger partial charge in [-0.05, 0) is 43.3 Å². The fourth-order valence-corrected chi connectivity index (χ4v) is 4.10. The van der Waals surface area contributed by atoms with Crippen molar-refractivity contribution in [3.05, 3.63) is 47.0 Å². The van der Waals surface area contributed by atoms with Gasteiger partial charge in [0.2, 0.25) is 5.91 Å². The largest absolute Gasteiger partial charge is 0.316 e. The van der Waals surface area contributed by atoms with Gasteiger partial charge in [-0.3, -0.25) is 4.79 Å². The number of amides is 1. The molecule has 2 heterocycles. The maximum Gasteiger partial charge on any atom is 0.226 e. The van der Waals surface area contributed by atoms with Crippen molar-refractivity contribution in [2.45, 2.75) is 32.6 Å². The van der Waals surface area contributed by atoms with Gasteiger partial charge in [-0.1, -0.05) is 37.3 Å². The maximum absolute atomic E-state index is 12.3. The van der Waals surface area contributed by atoms with Crippen LogP contribution in [0.15, 0.2) is 36.5 Å². The lowest BCUT2D eigenvalue weighted by molar-refractivity contribution is -0.117. The highest BCUT2D eigenvalue weighted by Crippen LogP contribution is 2.25. The zero-order valence-corrected chi connectivity index (χ0v) is 16.2. The molecular weight excluding hydrogens is 354 g/mol. The van der Waals surface area contributed by atoms with Crippen molar-refractivity contribution >= 4 is 34.8 Å². The summed E-state index contributed by atoms with van der Waals surface area (Å²) in [5, 5.41) is 7.10. The summed E-state index contributed by atoms with van der Waals surface area (Å²) >= 11 is 1.56. The van der Waals surface area contributed by atoms with E-state index in [2.05, 4.69) is 34.7 Å². The first kappa shape index (κ1) is 19.9. The van der Waals surface area contributed by atoms with E-state index in [4.69, 9.17) is 0 Å². The summed E-state index contributed by atoms with van der Waals surface area (Å²) in [5.74, 6) is 1.09. The van der Waals surface area contributed by atoms with Crippen molar-refractivity contribution in [1.82, 2.24) is 10.3 Å². The standard InChI is InChI=1S/C19H25N3OS.ClH/c1-14(16-8-5-9-20-12-16)10-18(23)22-19-21-13-17(24-19)11-15-6-3-2-4-7-15;/h2-4,6-7,13-14,16,20H,5,8-12H2,1H3,(H,21,22,23);1H. The molecule has 136 valence electrons. The van der Waals surface area contributed by atoms with E-state index in [-0.39, 0.29) is 18.3 Å². The zero-order valence-electron chi connectivity index (χ0n) is 14.5. The van der Waals surface area contributed by atoms with E-state index < -0.39 is 0 Å². The second-order valence-electron chi connectivity index (χ2n) is 6.63. The minimum absolute atomic E-state index is 0. The number of benzene rings is 1. The summed E-state index contributed by atoms with van der Waals surface area (Å²) in [5.41, 5.74) is 1.26. The summed E-state index contributed by atoms with van der Waals surface area (Å²) in [6, 6.07) is 10.3. The third-order valence-electron chi connectivity index (χ3n) is 4.67. The van der Waals surface area contributed by atoms with Crippen molar-refractivity contribution in [3.8, 4) is 0 Å². The highest BCUT2D eigenvalue weighted by atomic mass is 35.5. The number of piperidine rings is 1. The first-order valence-corrected chi connectivity index (χ1v) is 9.51. The number of nitrogens with zero attached hydrogens (tertiary/aromatic N) is 1. The topological polar surface area (TPSA) is 54.0 Å². The molecule has 1 fully saturated rings. The van der Waals surface area contributed by atoms with Crippen LogP contribution in [0.3, 0.4) is 0 Å². The number of anilines is 1. The molecule has 2 atom stereocenters. The lowest BCUT2D eigenvalue weighted by Gasteiger charge is -2.27. The van der Waals surface area contributed by atoms with Crippen LogP contribution < -0.4 is 10.6 Å². The molecule has 6 heteroatoms. The molecule has 1 aromatic carbocycles. The number of nitrogens with one attached hydrogen (secondary N) is 2. The summed E-state index contributed by atoms with van der Waals surface area (Å²) in [6.07, 6.45) is 5.73. The van der Waals surface area contributed by atoms with Crippen molar-refractivity contribution in [1.29, 1.82) is 0 Å². The molecule has 25 heavy (non-hydrogen) atoms. The molecule has 1 amide bonds. The lowest BCUT2D eigenvalue weighted by atomic mass is 9.85. The Morgan fingerprint density at radius 1 is 1.40 bits per heavy atom. The molecule has 1 aromatic heterocycles. The molecule has 3 rings (SSSR count). The third-order valence-corrected chi connectivity index (χ3v) is 5.58. The van der Waals surface area contributed by atoms with Crippen LogP contribution in [-0.4, -0.2) is 24.0 Å². The average Bonchev–Trinajstić information content (AvgIpc) is 3.03. The van der Waals surface area contributed by atoms with E-state index in [1.807, 2.05) is 24.4 Å². The predicted octanol–water partition coefficient (Wildman–Crippen LogP) is 4.12. The number of hydrogen-bond donors (Lipinski definition) is 2. The van der Waals surface area contributed by atoms with Crippen molar-refractivity contribution in [2.75, 3.05) is 18.4 Å². The molecule has 2 unspecified atom stereocenters. The van der Waals surface area contributed by atoms with Gasteiger partial charge in [0.15, 0.2) is 5.13 Å². The van der Waals surface area contributed by atoms with Crippen molar-refractivity contribution in [3.63, 3.8) is 0 Å². The van der Waals surface area contributed by atoms with Crippen LogP contribution in [0.1, 0.15) is 36.6 Å². The second kappa shape index (κ2) is 9.90. The second-order valence-corrected chi connectivity index (χ2v) is 7.75. The molecule has 0 bridgehead atoms. The third kappa shape index (κ3) is 6.10. The molecule has 1 aliphatic rings.